The zero-order valence-corrected chi connectivity index (χ0v) is 13.0. The molecule has 1 aromatic heterocycles. The Labute approximate surface area is 134 Å². The number of aromatic amines is 1. The van der Waals surface area contributed by atoms with Crippen molar-refractivity contribution in [2.24, 2.45) is 0 Å². The second-order valence-corrected chi connectivity index (χ2v) is 5.82. The van der Waals surface area contributed by atoms with Crippen molar-refractivity contribution in [3.05, 3.63) is 57.8 Å². The van der Waals surface area contributed by atoms with Gasteiger partial charge in [0.2, 0.25) is 0 Å². The third kappa shape index (κ3) is 2.66. The number of hydrogen-bond acceptors (Lipinski definition) is 2. The van der Waals surface area contributed by atoms with Gasteiger partial charge in [0.15, 0.2) is 5.82 Å². The first kappa shape index (κ1) is 14.1. The lowest BCUT2D eigenvalue weighted by Gasteiger charge is -2.06. The largest absolute Gasteiger partial charge is 0.382 e. The Hall–Kier alpha value is -1.85. The van der Waals surface area contributed by atoms with Crippen LogP contribution in [-0.2, 0) is 0 Å². The smallest absolute Gasteiger partial charge is 0.153 e. The first-order valence-corrected chi connectivity index (χ1v) is 7.28. The van der Waals surface area contributed by atoms with Crippen LogP contribution in [0.25, 0.3) is 22.4 Å². The van der Waals surface area contributed by atoms with Gasteiger partial charge in [0.25, 0.3) is 0 Å². The third-order valence-corrected chi connectivity index (χ3v) is 3.92. The van der Waals surface area contributed by atoms with E-state index in [2.05, 4.69) is 26.1 Å². The van der Waals surface area contributed by atoms with Crippen molar-refractivity contribution in [2.45, 2.75) is 0 Å². The molecule has 3 rings (SSSR count). The maximum Gasteiger partial charge on any atom is 0.153 e. The van der Waals surface area contributed by atoms with E-state index in [9.17, 15) is 4.39 Å². The summed E-state index contributed by atoms with van der Waals surface area (Å²) in [7, 11) is 0. The molecule has 106 valence electrons. The Morgan fingerprint density at radius 2 is 1.95 bits per heavy atom. The minimum atomic E-state index is -0.484. The topological polar surface area (TPSA) is 54.7 Å². The zero-order valence-electron chi connectivity index (χ0n) is 10.7. The van der Waals surface area contributed by atoms with Gasteiger partial charge in [-0.1, -0.05) is 45.7 Å². The molecule has 21 heavy (non-hydrogen) atoms. The van der Waals surface area contributed by atoms with E-state index in [0.717, 1.165) is 15.6 Å². The van der Waals surface area contributed by atoms with Crippen LogP contribution in [0.2, 0.25) is 5.02 Å². The molecule has 6 heteroatoms. The molecule has 3 N–H and O–H groups in total. The highest BCUT2D eigenvalue weighted by Crippen LogP contribution is 2.36. The zero-order chi connectivity index (χ0) is 15.0. The van der Waals surface area contributed by atoms with Crippen LogP contribution in [0.3, 0.4) is 0 Å². The van der Waals surface area contributed by atoms with Gasteiger partial charge >= 0.3 is 0 Å². The van der Waals surface area contributed by atoms with Crippen LogP contribution in [0.4, 0.5) is 10.2 Å². The van der Waals surface area contributed by atoms with Crippen molar-refractivity contribution >= 4 is 33.3 Å². The molecule has 2 aromatic carbocycles. The highest BCUT2D eigenvalue weighted by atomic mass is 79.9. The van der Waals surface area contributed by atoms with Gasteiger partial charge in [0.1, 0.15) is 5.82 Å². The average Bonchev–Trinajstić information content (AvgIpc) is 2.84. The lowest BCUT2D eigenvalue weighted by atomic mass is 10.0. The van der Waals surface area contributed by atoms with Crippen LogP contribution in [0.1, 0.15) is 0 Å². The number of halogens is 3. The summed E-state index contributed by atoms with van der Waals surface area (Å²) in [5, 5.41) is 6.97. The van der Waals surface area contributed by atoms with Crippen molar-refractivity contribution in [3.63, 3.8) is 0 Å². The molecule has 0 aliphatic rings. The summed E-state index contributed by atoms with van der Waals surface area (Å²) in [5.74, 6) is -0.124. The van der Waals surface area contributed by atoms with Crippen LogP contribution in [0, 0.1) is 5.82 Å². The van der Waals surface area contributed by atoms with E-state index >= 15 is 0 Å². The summed E-state index contributed by atoms with van der Waals surface area (Å²) in [4.78, 5) is 0. The monoisotopic (exact) mass is 365 g/mol. The highest BCUT2D eigenvalue weighted by molar-refractivity contribution is 9.10. The SMILES string of the molecule is Nc1n[nH]c(-c2ccc(Cl)c(F)c2)c1-c1cccc(Br)c1. The van der Waals surface area contributed by atoms with Crippen LogP contribution in [0.5, 0.6) is 0 Å². The maximum absolute atomic E-state index is 13.7. The summed E-state index contributed by atoms with van der Waals surface area (Å²) >= 11 is 9.14. The molecule has 0 radical (unpaired) electrons. The van der Waals surface area contributed by atoms with Crippen molar-refractivity contribution in [2.75, 3.05) is 5.73 Å². The molecule has 0 bridgehead atoms. The first-order valence-electron chi connectivity index (χ1n) is 6.11. The average molecular weight is 367 g/mol. The molecule has 0 saturated carbocycles. The molecule has 0 spiro atoms. The Morgan fingerprint density at radius 3 is 2.67 bits per heavy atom. The van der Waals surface area contributed by atoms with E-state index in [-0.39, 0.29) is 5.02 Å². The molecule has 0 aliphatic carbocycles. The second kappa shape index (κ2) is 5.50. The van der Waals surface area contributed by atoms with Crippen molar-refractivity contribution in [1.82, 2.24) is 10.2 Å². The molecule has 3 aromatic rings. The number of nitrogen functional groups attached to an aromatic ring is 1. The summed E-state index contributed by atoms with van der Waals surface area (Å²) < 4.78 is 14.6. The van der Waals surface area contributed by atoms with Crippen LogP contribution in [0.15, 0.2) is 46.9 Å². The molecule has 0 fully saturated rings. The molecule has 0 amide bonds. The molecule has 0 saturated heterocycles. The van der Waals surface area contributed by atoms with Gasteiger partial charge in [-0.15, -0.1) is 0 Å². The fraction of sp³-hybridized carbons (Fsp3) is 0. The van der Waals surface area contributed by atoms with E-state index in [1.54, 1.807) is 6.07 Å². The molecule has 0 atom stereocenters. The van der Waals surface area contributed by atoms with Gasteiger partial charge < -0.3 is 5.73 Å². The molecule has 1 heterocycles. The summed E-state index contributed by atoms with van der Waals surface area (Å²) in [6.45, 7) is 0. The lowest BCUT2D eigenvalue weighted by Crippen LogP contribution is -1.89. The summed E-state index contributed by atoms with van der Waals surface area (Å²) in [6, 6.07) is 12.3. The van der Waals surface area contributed by atoms with Gasteiger partial charge in [-0.2, -0.15) is 5.10 Å². The van der Waals surface area contributed by atoms with Gasteiger partial charge in [-0.05, 0) is 29.8 Å². The highest BCUT2D eigenvalue weighted by Gasteiger charge is 2.16. The van der Waals surface area contributed by atoms with E-state index in [0.29, 0.717) is 17.1 Å². The van der Waals surface area contributed by atoms with Gasteiger partial charge in [-0.25, -0.2) is 4.39 Å². The van der Waals surface area contributed by atoms with E-state index in [1.165, 1.54) is 12.1 Å². The Morgan fingerprint density at radius 1 is 1.14 bits per heavy atom. The minimum absolute atomic E-state index is 0.0789. The Kier molecular flexibility index (Phi) is 3.69. The molecule has 3 nitrogen and oxygen atoms in total. The maximum atomic E-state index is 13.7. The molecular formula is C15H10BrClFN3. The number of H-pyrrole nitrogens is 1. The quantitative estimate of drug-likeness (QED) is 0.679. The fourth-order valence-corrected chi connectivity index (χ4v) is 2.67. The van der Waals surface area contributed by atoms with E-state index in [4.69, 9.17) is 17.3 Å². The van der Waals surface area contributed by atoms with E-state index in [1.807, 2.05) is 24.3 Å². The van der Waals surface area contributed by atoms with Gasteiger partial charge in [0.05, 0.1) is 16.3 Å². The fourth-order valence-electron chi connectivity index (χ4n) is 2.15. The van der Waals surface area contributed by atoms with E-state index < -0.39 is 5.82 Å². The normalized spacial score (nSPS) is 10.8. The number of anilines is 1. The van der Waals surface area contributed by atoms with Crippen molar-refractivity contribution in [3.8, 4) is 22.4 Å². The number of nitrogens with two attached hydrogens (primary N) is 1. The van der Waals surface area contributed by atoms with Crippen LogP contribution in [-0.4, -0.2) is 10.2 Å². The summed E-state index contributed by atoms with van der Waals surface area (Å²) in [5.41, 5.74) is 8.86. The van der Waals surface area contributed by atoms with Crippen molar-refractivity contribution in [1.29, 1.82) is 0 Å². The number of nitrogens with zero attached hydrogens (tertiary/aromatic N) is 1. The van der Waals surface area contributed by atoms with Gasteiger partial charge in [-0.3, -0.25) is 5.10 Å². The van der Waals surface area contributed by atoms with Gasteiger partial charge in [0, 0.05) is 10.0 Å². The first-order chi connectivity index (χ1) is 10.1. The minimum Gasteiger partial charge on any atom is -0.382 e. The summed E-state index contributed by atoms with van der Waals surface area (Å²) in [6.07, 6.45) is 0. The lowest BCUT2D eigenvalue weighted by molar-refractivity contribution is 0.628. The number of benzene rings is 2. The molecular weight excluding hydrogens is 357 g/mol. The number of nitrogens with one attached hydrogen (secondary N) is 1. The van der Waals surface area contributed by atoms with Crippen LogP contribution >= 0.6 is 27.5 Å². The third-order valence-electron chi connectivity index (χ3n) is 3.12. The second-order valence-electron chi connectivity index (χ2n) is 4.50. The Bertz CT molecular complexity index is 816. The number of aromatic nitrogens is 2. The van der Waals surface area contributed by atoms with Crippen molar-refractivity contribution < 1.29 is 4.39 Å². The standard InChI is InChI=1S/C15H10BrClFN3/c16-10-3-1-2-8(6-10)13-14(20-21-15(13)19)9-4-5-11(17)12(18)7-9/h1-7H,(H3,19,20,21). The molecule has 0 unspecified atom stereocenters. The molecule has 0 aliphatic heterocycles. The number of hydrogen-bond donors (Lipinski definition) is 2. The number of rotatable bonds is 2. The predicted molar refractivity (Wildman–Crippen MR) is 86.5 cm³/mol. The predicted octanol–water partition coefficient (Wildman–Crippen LogP) is 4.88. The Balaban J connectivity index is 2.19. The van der Waals surface area contributed by atoms with Crippen LogP contribution < -0.4 is 5.73 Å².